The van der Waals surface area contributed by atoms with Crippen molar-refractivity contribution in [1.82, 2.24) is 24.9 Å². The van der Waals surface area contributed by atoms with E-state index in [2.05, 4.69) is 49.4 Å². The van der Waals surface area contributed by atoms with Crippen molar-refractivity contribution in [2.75, 3.05) is 10.6 Å². The van der Waals surface area contributed by atoms with Crippen molar-refractivity contribution in [3.8, 4) is 0 Å². The Hall–Kier alpha value is -3.72. The first kappa shape index (κ1) is 21.5. The Balaban J connectivity index is 1.59. The van der Waals surface area contributed by atoms with E-state index in [1.165, 1.54) is 17.0 Å². The van der Waals surface area contributed by atoms with Crippen LogP contribution < -0.4 is 10.6 Å². The van der Waals surface area contributed by atoms with Gasteiger partial charge in [-0.05, 0) is 41.3 Å². The second-order valence-electron chi connectivity index (χ2n) is 7.29. The summed E-state index contributed by atoms with van der Waals surface area (Å²) in [6.45, 7) is 4.76. The Morgan fingerprint density at radius 2 is 1.91 bits per heavy atom. The topological polar surface area (TPSA) is 88.5 Å². The van der Waals surface area contributed by atoms with Crippen molar-refractivity contribution in [3.63, 3.8) is 0 Å². The van der Waals surface area contributed by atoms with Crippen LogP contribution in [0.2, 0.25) is 0 Å². The van der Waals surface area contributed by atoms with E-state index < -0.39 is 0 Å². The maximum Gasteiger partial charge on any atom is 0.234 e. The summed E-state index contributed by atoms with van der Waals surface area (Å²) >= 11 is 1.56. The molecule has 0 fully saturated rings. The Morgan fingerprint density at radius 1 is 1.03 bits per heavy atom. The molecule has 3 aromatic heterocycles. The fourth-order valence-electron chi connectivity index (χ4n) is 2.77. The highest BCUT2D eigenvalue weighted by atomic mass is 32.1. The molecule has 9 heteroatoms. The van der Waals surface area contributed by atoms with Crippen molar-refractivity contribution in [2.45, 2.75) is 26.3 Å². The second-order valence-corrected chi connectivity index (χ2v) is 8.35. The molecule has 0 spiro atoms. The summed E-state index contributed by atoms with van der Waals surface area (Å²) < 4.78 is 13.5. The predicted octanol–water partition coefficient (Wildman–Crippen LogP) is 5.51. The molecule has 2 N–H and O–H groups in total. The van der Waals surface area contributed by atoms with Gasteiger partial charge in [-0.2, -0.15) is 15.0 Å². The molecule has 4 rings (SSSR count). The summed E-state index contributed by atoms with van der Waals surface area (Å²) in [4.78, 5) is 23.1. The molecule has 32 heavy (non-hydrogen) atoms. The fourth-order valence-corrected chi connectivity index (χ4v) is 3.59. The molecule has 3 heterocycles. The summed E-state index contributed by atoms with van der Waals surface area (Å²) in [5, 5.41) is 7.08. The summed E-state index contributed by atoms with van der Waals surface area (Å²) in [6, 6.07) is 10.2. The van der Waals surface area contributed by atoms with E-state index in [1.807, 2.05) is 24.4 Å². The van der Waals surface area contributed by atoms with Crippen molar-refractivity contribution >= 4 is 40.5 Å². The zero-order chi connectivity index (χ0) is 22.3. The molecule has 0 amide bonds. The van der Waals surface area contributed by atoms with Crippen LogP contribution in [0.1, 0.15) is 41.6 Å². The number of thiazole rings is 1. The van der Waals surface area contributed by atoms with E-state index in [1.54, 1.807) is 41.9 Å². The number of benzene rings is 1. The van der Waals surface area contributed by atoms with Gasteiger partial charge in [0.15, 0.2) is 11.0 Å². The van der Waals surface area contributed by atoms with Crippen LogP contribution in [-0.2, 0) is 6.54 Å². The Bertz CT molecular complexity index is 1210. The average Bonchev–Trinajstić information content (AvgIpc) is 3.26. The molecule has 0 aliphatic heterocycles. The fraction of sp³-hybridized carbons (Fsp3) is 0.174. The third-order valence-electron chi connectivity index (χ3n) is 4.41. The lowest BCUT2D eigenvalue weighted by molar-refractivity contribution is 0.627. The van der Waals surface area contributed by atoms with Gasteiger partial charge in [0.2, 0.25) is 11.9 Å². The van der Waals surface area contributed by atoms with Crippen molar-refractivity contribution in [2.24, 2.45) is 0 Å². The average molecular weight is 448 g/mol. The highest BCUT2D eigenvalue weighted by Gasteiger charge is 2.10. The van der Waals surface area contributed by atoms with E-state index in [9.17, 15) is 4.39 Å². The van der Waals surface area contributed by atoms with Gasteiger partial charge in [0.25, 0.3) is 0 Å². The first-order valence-corrected chi connectivity index (χ1v) is 10.9. The zero-order valence-electron chi connectivity index (χ0n) is 17.7. The second kappa shape index (κ2) is 10.1. The SMILES string of the molecule is CC(C)c1cnc(Nc2nc(C=Cc3cccc(F)c3)nc(NCc3cccnc3)n2)s1. The summed E-state index contributed by atoms with van der Waals surface area (Å²) in [5.74, 6) is 1.31. The largest absolute Gasteiger partial charge is 0.350 e. The van der Waals surface area contributed by atoms with Crippen LogP contribution >= 0.6 is 11.3 Å². The van der Waals surface area contributed by atoms with E-state index >= 15 is 0 Å². The molecular weight excluding hydrogens is 425 g/mol. The number of halogens is 1. The number of nitrogens with one attached hydrogen (secondary N) is 2. The third-order valence-corrected chi connectivity index (χ3v) is 5.62. The summed E-state index contributed by atoms with van der Waals surface area (Å²) in [5.41, 5.74) is 1.71. The molecule has 7 nitrogen and oxygen atoms in total. The van der Waals surface area contributed by atoms with E-state index in [4.69, 9.17) is 0 Å². The maximum atomic E-state index is 13.5. The number of rotatable bonds is 8. The van der Waals surface area contributed by atoms with Gasteiger partial charge in [0.1, 0.15) is 5.82 Å². The Morgan fingerprint density at radius 3 is 2.66 bits per heavy atom. The minimum absolute atomic E-state index is 0.297. The first-order chi connectivity index (χ1) is 15.5. The molecule has 0 aliphatic carbocycles. The highest BCUT2D eigenvalue weighted by molar-refractivity contribution is 7.15. The maximum absolute atomic E-state index is 13.5. The van der Waals surface area contributed by atoms with Crippen LogP contribution in [0, 0.1) is 5.82 Å². The lowest BCUT2D eigenvalue weighted by Crippen LogP contribution is -2.08. The molecule has 0 atom stereocenters. The van der Waals surface area contributed by atoms with Crippen LogP contribution in [0.25, 0.3) is 12.2 Å². The minimum Gasteiger partial charge on any atom is -0.350 e. The van der Waals surface area contributed by atoms with Crippen LogP contribution in [0.3, 0.4) is 0 Å². The number of hydrogen-bond donors (Lipinski definition) is 2. The zero-order valence-corrected chi connectivity index (χ0v) is 18.5. The van der Waals surface area contributed by atoms with Gasteiger partial charge in [0, 0.05) is 30.0 Å². The number of nitrogens with zero attached hydrogens (tertiary/aromatic N) is 5. The van der Waals surface area contributed by atoms with Crippen LogP contribution in [0.5, 0.6) is 0 Å². The molecule has 0 saturated heterocycles. The molecule has 0 saturated carbocycles. The van der Waals surface area contributed by atoms with Crippen molar-refractivity contribution in [3.05, 3.63) is 82.6 Å². The van der Waals surface area contributed by atoms with Gasteiger partial charge in [-0.15, -0.1) is 11.3 Å². The Kier molecular flexibility index (Phi) is 6.76. The van der Waals surface area contributed by atoms with Gasteiger partial charge in [-0.3, -0.25) is 10.3 Å². The van der Waals surface area contributed by atoms with Crippen LogP contribution in [0.15, 0.2) is 55.0 Å². The van der Waals surface area contributed by atoms with E-state index in [-0.39, 0.29) is 5.82 Å². The van der Waals surface area contributed by atoms with Crippen molar-refractivity contribution in [1.29, 1.82) is 0 Å². The number of hydrogen-bond acceptors (Lipinski definition) is 8. The number of anilines is 3. The third kappa shape index (κ3) is 5.92. The smallest absolute Gasteiger partial charge is 0.234 e. The van der Waals surface area contributed by atoms with Gasteiger partial charge < -0.3 is 5.32 Å². The van der Waals surface area contributed by atoms with E-state index in [0.717, 1.165) is 5.56 Å². The standard InChI is InChI=1S/C23H22FN7S/c1-15(2)19-14-27-23(32-19)31-22-29-20(9-8-16-5-3-7-18(24)11-16)28-21(30-22)26-13-17-6-4-10-25-12-17/h3-12,14-15H,13H2,1-2H3,(H2,26,27,28,29,30,31). The minimum atomic E-state index is -0.297. The van der Waals surface area contributed by atoms with Gasteiger partial charge in [-0.1, -0.05) is 38.1 Å². The normalized spacial score (nSPS) is 11.2. The molecule has 0 bridgehead atoms. The molecule has 0 aliphatic rings. The van der Waals surface area contributed by atoms with Crippen LogP contribution in [-0.4, -0.2) is 24.9 Å². The lowest BCUT2D eigenvalue weighted by Gasteiger charge is -2.08. The van der Waals surface area contributed by atoms with Crippen LogP contribution in [0.4, 0.5) is 21.4 Å². The molecule has 1 aromatic carbocycles. The number of pyridine rings is 1. The highest BCUT2D eigenvalue weighted by Crippen LogP contribution is 2.27. The molecular formula is C23H22FN7S. The first-order valence-electron chi connectivity index (χ1n) is 10.1. The molecule has 162 valence electrons. The Labute approximate surface area is 189 Å². The summed E-state index contributed by atoms with van der Waals surface area (Å²) in [6.07, 6.45) is 8.83. The van der Waals surface area contributed by atoms with Gasteiger partial charge in [-0.25, -0.2) is 9.37 Å². The predicted molar refractivity (Wildman–Crippen MR) is 126 cm³/mol. The lowest BCUT2D eigenvalue weighted by atomic mass is 10.2. The summed E-state index contributed by atoms with van der Waals surface area (Å²) in [7, 11) is 0. The quantitative estimate of drug-likeness (QED) is 0.368. The van der Waals surface area contributed by atoms with Crippen molar-refractivity contribution < 1.29 is 4.39 Å². The molecule has 0 radical (unpaired) electrons. The number of aromatic nitrogens is 5. The molecule has 0 unspecified atom stereocenters. The van der Waals surface area contributed by atoms with E-state index in [0.29, 0.717) is 40.9 Å². The van der Waals surface area contributed by atoms with Gasteiger partial charge >= 0.3 is 0 Å². The van der Waals surface area contributed by atoms with Gasteiger partial charge in [0.05, 0.1) is 0 Å². The molecule has 4 aromatic rings. The monoisotopic (exact) mass is 447 g/mol.